The lowest BCUT2D eigenvalue weighted by molar-refractivity contribution is 0.669. The first-order valence-electron chi connectivity index (χ1n) is 17.4. The number of anilines is 2. The van der Waals surface area contributed by atoms with Crippen LogP contribution in [0.2, 0.25) is 0 Å². The second-order valence-corrected chi connectivity index (χ2v) is 13.0. The summed E-state index contributed by atoms with van der Waals surface area (Å²) in [5.41, 5.74) is 14.3. The van der Waals surface area contributed by atoms with Gasteiger partial charge < -0.3 is 14.3 Å². The van der Waals surface area contributed by atoms with Crippen LogP contribution in [0.1, 0.15) is 0 Å². The highest BCUT2D eigenvalue weighted by molar-refractivity contribution is 6.18. The van der Waals surface area contributed by atoms with Crippen molar-refractivity contribution >= 4 is 55.1 Å². The fraction of sp³-hybridized carbons (Fsp3) is 0. The third-order valence-corrected chi connectivity index (χ3v) is 10.0. The van der Waals surface area contributed by atoms with Crippen LogP contribution in [0.3, 0.4) is 0 Å². The van der Waals surface area contributed by atoms with E-state index < -0.39 is 0 Å². The second kappa shape index (κ2) is 11.9. The molecule has 0 aliphatic rings. The summed E-state index contributed by atoms with van der Waals surface area (Å²) in [6.45, 7) is 0. The summed E-state index contributed by atoms with van der Waals surface area (Å²) < 4.78 is 9.01. The minimum atomic E-state index is 0.868. The topological polar surface area (TPSA) is 30.1 Å². The van der Waals surface area contributed by atoms with Crippen molar-refractivity contribution in [1.82, 2.24) is 4.57 Å². The molecule has 3 heteroatoms. The Hall–Kier alpha value is -6.84. The van der Waals surface area contributed by atoms with Gasteiger partial charge in [-0.25, -0.2) is 0 Å². The van der Waals surface area contributed by atoms with Crippen molar-refractivity contribution in [2.24, 2.45) is 0 Å². The molecule has 0 atom stereocenters. The number of benzene rings is 8. The smallest absolute Gasteiger partial charge is 0.137 e. The molecule has 10 rings (SSSR count). The Balaban J connectivity index is 1.17. The number of fused-ring (bicyclic) bond motifs is 6. The summed E-state index contributed by atoms with van der Waals surface area (Å²) >= 11 is 0. The van der Waals surface area contributed by atoms with Crippen LogP contribution in [0.5, 0.6) is 0 Å². The molecule has 0 radical (unpaired) electrons. The Morgan fingerprint density at radius 2 is 0.980 bits per heavy atom. The zero-order valence-electron chi connectivity index (χ0n) is 27.8. The summed E-state index contributed by atoms with van der Waals surface area (Å²) in [5, 5.41) is 8.40. The Kier molecular flexibility index (Phi) is 6.81. The zero-order valence-corrected chi connectivity index (χ0v) is 27.8. The van der Waals surface area contributed by atoms with Crippen molar-refractivity contribution in [3.63, 3.8) is 0 Å². The van der Waals surface area contributed by atoms with Crippen LogP contribution in [-0.4, -0.2) is 4.57 Å². The fourth-order valence-corrected chi connectivity index (χ4v) is 7.67. The lowest BCUT2D eigenvalue weighted by Gasteiger charge is -2.14. The van der Waals surface area contributed by atoms with Crippen molar-refractivity contribution in [3.05, 3.63) is 188 Å². The van der Waals surface area contributed by atoms with Gasteiger partial charge in [-0.1, -0.05) is 146 Å². The summed E-state index contributed by atoms with van der Waals surface area (Å²) in [6.07, 6.45) is 0. The van der Waals surface area contributed by atoms with Crippen LogP contribution in [0.4, 0.5) is 11.4 Å². The van der Waals surface area contributed by atoms with Gasteiger partial charge >= 0.3 is 0 Å². The van der Waals surface area contributed by atoms with Gasteiger partial charge in [-0.05, 0) is 70.3 Å². The first-order chi connectivity index (χ1) is 25.3. The Morgan fingerprint density at radius 3 is 1.80 bits per heavy atom. The normalized spacial score (nSPS) is 11.5. The first kappa shape index (κ1) is 29.1. The molecular formula is C48H32N2O. The average molecular weight is 653 g/mol. The number of para-hydroxylation sites is 2. The molecule has 51 heavy (non-hydrogen) atoms. The summed E-state index contributed by atoms with van der Waals surface area (Å²) in [4.78, 5) is 0. The van der Waals surface area contributed by atoms with Crippen LogP contribution in [-0.2, 0) is 0 Å². The predicted octanol–water partition coefficient (Wildman–Crippen LogP) is 13.4. The molecule has 1 N–H and O–H groups in total. The standard InChI is InChI=1S/C48H32N2O/c1-3-13-32(14-4-1)33-25-27-35(28-26-33)38-19-11-23-45-47(38)48-43(22-12-24-46(48)51-45)50-42-21-10-8-18-39(42)40-30-29-36(31-44(40)50)49-41-20-9-7-17-37(41)34-15-5-2-6-16-34/h1-31,49H. The average Bonchev–Trinajstić information content (AvgIpc) is 3.75. The zero-order chi connectivity index (χ0) is 33.7. The van der Waals surface area contributed by atoms with Gasteiger partial charge in [0, 0.05) is 33.1 Å². The van der Waals surface area contributed by atoms with E-state index in [0.29, 0.717) is 0 Å². The molecule has 10 aromatic rings. The van der Waals surface area contributed by atoms with E-state index in [4.69, 9.17) is 4.42 Å². The van der Waals surface area contributed by atoms with E-state index >= 15 is 0 Å². The van der Waals surface area contributed by atoms with Crippen molar-refractivity contribution in [2.75, 3.05) is 5.32 Å². The summed E-state index contributed by atoms with van der Waals surface area (Å²) in [6, 6.07) is 66.6. The lowest BCUT2D eigenvalue weighted by atomic mass is 9.96. The molecule has 0 unspecified atom stereocenters. The van der Waals surface area contributed by atoms with Crippen LogP contribution >= 0.6 is 0 Å². The van der Waals surface area contributed by atoms with Gasteiger partial charge in [0.1, 0.15) is 11.2 Å². The minimum absolute atomic E-state index is 0.868. The highest BCUT2D eigenvalue weighted by atomic mass is 16.3. The first-order valence-corrected chi connectivity index (χ1v) is 17.4. The molecule has 0 aliphatic carbocycles. The number of rotatable bonds is 6. The Morgan fingerprint density at radius 1 is 0.392 bits per heavy atom. The molecule has 0 aliphatic heterocycles. The van der Waals surface area contributed by atoms with Gasteiger partial charge in [-0.2, -0.15) is 0 Å². The van der Waals surface area contributed by atoms with E-state index in [1.807, 2.05) is 0 Å². The summed E-state index contributed by atoms with van der Waals surface area (Å²) in [7, 11) is 0. The second-order valence-electron chi connectivity index (χ2n) is 13.0. The largest absolute Gasteiger partial charge is 0.456 e. The monoisotopic (exact) mass is 652 g/mol. The lowest BCUT2D eigenvalue weighted by Crippen LogP contribution is -1.97. The molecule has 2 aromatic heterocycles. The molecule has 2 heterocycles. The Bertz CT molecular complexity index is 2860. The molecule has 0 saturated carbocycles. The molecular weight excluding hydrogens is 621 g/mol. The SMILES string of the molecule is c1ccc(-c2ccc(-c3cccc4oc5cccc(-n6c7ccccc7c7ccc(Nc8ccccc8-c8ccccc8)cc76)c5c34)cc2)cc1. The third-order valence-electron chi connectivity index (χ3n) is 10.0. The van der Waals surface area contributed by atoms with Gasteiger partial charge in [0.15, 0.2) is 0 Å². The molecule has 0 saturated heterocycles. The maximum atomic E-state index is 6.60. The quantitative estimate of drug-likeness (QED) is 0.194. The molecule has 0 fully saturated rings. The van der Waals surface area contributed by atoms with E-state index in [2.05, 4.69) is 198 Å². The molecule has 0 amide bonds. The number of hydrogen-bond donors (Lipinski definition) is 1. The fourth-order valence-electron chi connectivity index (χ4n) is 7.67. The minimum Gasteiger partial charge on any atom is -0.456 e. The van der Waals surface area contributed by atoms with Crippen LogP contribution in [0.15, 0.2) is 192 Å². The van der Waals surface area contributed by atoms with E-state index in [1.165, 1.54) is 27.5 Å². The highest BCUT2D eigenvalue weighted by Crippen LogP contribution is 2.43. The van der Waals surface area contributed by atoms with Crippen molar-refractivity contribution < 1.29 is 4.42 Å². The van der Waals surface area contributed by atoms with Gasteiger partial charge in [0.05, 0.1) is 22.1 Å². The maximum absolute atomic E-state index is 6.60. The Labute approximate surface area is 295 Å². The molecule has 8 aromatic carbocycles. The predicted molar refractivity (Wildman–Crippen MR) is 214 cm³/mol. The van der Waals surface area contributed by atoms with Crippen LogP contribution in [0.25, 0.3) is 82.8 Å². The third kappa shape index (κ3) is 4.90. The molecule has 0 spiro atoms. The highest BCUT2D eigenvalue weighted by Gasteiger charge is 2.20. The van der Waals surface area contributed by atoms with Gasteiger partial charge in [-0.3, -0.25) is 0 Å². The van der Waals surface area contributed by atoms with Crippen LogP contribution in [0, 0.1) is 0 Å². The number of aromatic nitrogens is 1. The summed E-state index contributed by atoms with van der Waals surface area (Å²) in [5.74, 6) is 0. The van der Waals surface area contributed by atoms with Gasteiger partial charge in [-0.15, -0.1) is 0 Å². The molecule has 0 bridgehead atoms. The maximum Gasteiger partial charge on any atom is 0.137 e. The van der Waals surface area contributed by atoms with E-state index in [-0.39, 0.29) is 0 Å². The van der Waals surface area contributed by atoms with Gasteiger partial charge in [0.25, 0.3) is 0 Å². The number of furan rings is 1. The van der Waals surface area contributed by atoms with Crippen molar-refractivity contribution in [2.45, 2.75) is 0 Å². The number of hydrogen-bond acceptors (Lipinski definition) is 2. The molecule has 240 valence electrons. The van der Waals surface area contributed by atoms with Crippen LogP contribution < -0.4 is 5.32 Å². The number of nitrogens with zero attached hydrogens (tertiary/aromatic N) is 1. The van der Waals surface area contributed by atoms with Crippen molar-refractivity contribution in [3.8, 4) is 39.1 Å². The molecule has 3 nitrogen and oxygen atoms in total. The number of nitrogens with one attached hydrogen (secondary N) is 1. The van der Waals surface area contributed by atoms with E-state index in [1.54, 1.807) is 0 Å². The van der Waals surface area contributed by atoms with Crippen molar-refractivity contribution in [1.29, 1.82) is 0 Å². The van der Waals surface area contributed by atoms with Gasteiger partial charge in [0.2, 0.25) is 0 Å². The van der Waals surface area contributed by atoms with E-state index in [9.17, 15) is 0 Å². The van der Waals surface area contributed by atoms with E-state index in [0.717, 1.165) is 66.7 Å².